The fraction of sp³-hybridized carbons (Fsp3) is 0. The van der Waals surface area contributed by atoms with Crippen LogP contribution in [0.5, 0.6) is 5.75 Å². The van der Waals surface area contributed by atoms with Crippen molar-refractivity contribution in [1.82, 2.24) is 15.7 Å². The van der Waals surface area contributed by atoms with Crippen molar-refractivity contribution < 1.29 is 24.4 Å². The Labute approximate surface area is 130 Å². The average molecular weight is 337 g/mol. The number of hydrogen-bond acceptors (Lipinski definition) is 11. The maximum Gasteiger partial charge on any atom is 0.318 e. The van der Waals surface area contributed by atoms with Gasteiger partial charge in [0.25, 0.3) is 11.6 Å². The van der Waals surface area contributed by atoms with E-state index in [-0.39, 0.29) is 17.1 Å². The molecule has 1 heterocycles. The molecule has 4 N–H and O–H groups in total. The molecule has 1 aromatic heterocycles. The highest BCUT2D eigenvalue weighted by molar-refractivity contribution is 5.96. The van der Waals surface area contributed by atoms with Gasteiger partial charge < -0.3 is 10.8 Å². The molecule has 0 fully saturated rings. The number of rotatable bonds is 5. The molecule has 0 bridgehead atoms. The number of benzene rings is 1. The molecular weight excluding hydrogens is 330 g/mol. The maximum atomic E-state index is 11.6. The Balaban J connectivity index is 2.28. The van der Waals surface area contributed by atoms with E-state index >= 15 is 0 Å². The molecule has 124 valence electrons. The zero-order valence-corrected chi connectivity index (χ0v) is 11.4. The molecule has 0 saturated heterocycles. The Morgan fingerprint density at radius 2 is 2.04 bits per heavy atom. The highest BCUT2D eigenvalue weighted by atomic mass is 16.6. The van der Waals surface area contributed by atoms with Gasteiger partial charge in [0, 0.05) is 6.07 Å². The summed E-state index contributed by atoms with van der Waals surface area (Å²) in [5.41, 5.74) is 4.97. The van der Waals surface area contributed by atoms with Crippen molar-refractivity contribution in [3.63, 3.8) is 0 Å². The number of non-ortho nitro benzene ring substituents is 1. The lowest BCUT2D eigenvalue weighted by molar-refractivity contribution is -0.394. The van der Waals surface area contributed by atoms with E-state index in [1.54, 1.807) is 0 Å². The van der Waals surface area contributed by atoms with Gasteiger partial charge in [0.1, 0.15) is 0 Å². The summed E-state index contributed by atoms with van der Waals surface area (Å²) in [6, 6.07) is 1.43. The number of carbonyl (C=O) groups is 1. The van der Waals surface area contributed by atoms with Crippen LogP contribution in [0.1, 0.15) is 16.1 Å². The number of phenolic OH excluding ortho intramolecular Hbond substituents is 1. The largest absolute Gasteiger partial charge is 0.502 e. The summed E-state index contributed by atoms with van der Waals surface area (Å²) in [6.45, 7) is 0. The summed E-state index contributed by atoms with van der Waals surface area (Å²) >= 11 is 0. The molecule has 2 rings (SSSR count). The Hall–Kier alpha value is -4.10. The van der Waals surface area contributed by atoms with Crippen molar-refractivity contribution in [2.24, 2.45) is 5.10 Å². The van der Waals surface area contributed by atoms with Crippen LogP contribution in [0.2, 0.25) is 0 Å². The zero-order valence-electron chi connectivity index (χ0n) is 11.4. The number of phenols is 1. The fourth-order valence-electron chi connectivity index (χ4n) is 1.54. The van der Waals surface area contributed by atoms with E-state index < -0.39 is 32.9 Å². The molecule has 0 aliphatic carbocycles. The van der Waals surface area contributed by atoms with E-state index in [1.807, 2.05) is 5.43 Å². The fourth-order valence-corrected chi connectivity index (χ4v) is 1.54. The molecule has 0 atom stereocenters. The topological polar surface area (TPSA) is 213 Å². The lowest BCUT2D eigenvalue weighted by atomic mass is 10.1. The normalized spacial score (nSPS) is 10.7. The number of nitro groups is 2. The number of nitrogen functional groups attached to an aromatic ring is 1. The van der Waals surface area contributed by atoms with Crippen LogP contribution in [0.25, 0.3) is 0 Å². The number of aromatic hydroxyl groups is 1. The SMILES string of the molecule is Nc1nonc1C(=O)N/N=C\c1cc([N+](=O)[O-])cc([N+](=O)[O-])c1O. The number of hydrogen-bond donors (Lipinski definition) is 3. The third kappa shape index (κ3) is 3.21. The molecule has 1 amide bonds. The van der Waals surface area contributed by atoms with Gasteiger partial charge in [-0.05, 0) is 10.3 Å². The van der Waals surface area contributed by atoms with E-state index in [4.69, 9.17) is 5.73 Å². The van der Waals surface area contributed by atoms with E-state index in [9.17, 15) is 30.1 Å². The highest BCUT2D eigenvalue weighted by Gasteiger charge is 2.23. The van der Waals surface area contributed by atoms with Gasteiger partial charge in [-0.2, -0.15) is 5.10 Å². The number of amides is 1. The summed E-state index contributed by atoms with van der Waals surface area (Å²) in [4.78, 5) is 31.3. The first-order valence-corrected chi connectivity index (χ1v) is 5.88. The van der Waals surface area contributed by atoms with E-state index in [0.29, 0.717) is 6.07 Å². The van der Waals surface area contributed by atoms with Crippen molar-refractivity contribution in [3.8, 4) is 5.75 Å². The van der Waals surface area contributed by atoms with Crippen LogP contribution < -0.4 is 11.2 Å². The van der Waals surface area contributed by atoms with Gasteiger partial charge in [-0.15, -0.1) is 0 Å². The molecule has 0 aliphatic heterocycles. The second-order valence-corrected chi connectivity index (χ2v) is 4.11. The number of nitro benzene ring substituents is 2. The lowest BCUT2D eigenvalue weighted by Crippen LogP contribution is -2.19. The van der Waals surface area contributed by atoms with Crippen LogP contribution in [0.15, 0.2) is 21.9 Å². The second-order valence-electron chi connectivity index (χ2n) is 4.11. The summed E-state index contributed by atoms with van der Waals surface area (Å²) in [5, 5.41) is 41.1. The van der Waals surface area contributed by atoms with Crippen molar-refractivity contribution in [2.45, 2.75) is 0 Å². The Kier molecular flexibility index (Phi) is 4.30. The van der Waals surface area contributed by atoms with Gasteiger partial charge >= 0.3 is 5.69 Å². The summed E-state index contributed by atoms with van der Waals surface area (Å²) in [5.74, 6) is -2.06. The summed E-state index contributed by atoms with van der Waals surface area (Å²) in [7, 11) is 0. The molecule has 0 unspecified atom stereocenters. The minimum Gasteiger partial charge on any atom is -0.502 e. The van der Waals surface area contributed by atoms with Crippen LogP contribution in [0.3, 0.4) is 0 Å². The van der Waals surface area contributed by atoms with Gasteiger partial charge in [-0.1, -0.05) is 0 Å². The van der Waals surface area contributed by atoms with Gasteiger partial charge in [0.15, 0.2) is 0 Å². The van der Waals surface area contributed by atoms with Crippen LogP contribution in [0, 0.1) is 20.2 Å². The smallest absolute Gasteiger partial charge is 0.318 e. The Morgan fingerprint density at radius 1 is 1.33 bits per heavy atom. The summed E-state index contributed by atoms with van der Waals surface area (Å²) in [6.07, 6.45) is 0.775. The van der Waals surface area contributed by atoms with Crippen molar-refractivity contribution in [3.05, 3.63) is 43.6 Å². The van der Waals surface area contributed by atoms with Gasteiger partial charge in [-0.3, -0.25) is 25.0 Å². The van der Waals surface area contributed by atoms with Crippen molar-refractivity contribution in [1.29, 1.82) is 0 Å². The van der Waals surface area contributed by atoms with Gasteiger partial charge in [0.2, 0.25) is 17.3 Å². The molecule has 14 heteroatoms. The van der Waals surface area contributed by atoms with Crippen LogP contribution >= 0.6 is 0 Å². The number of nitrogens with one attached hydrogen (secondary N) is 1. The molecule has 0 radical (unpaired) electrons. The zero-order chi connectivity index (χ0) is 17.9. The summed E-state index contributed by atoms with van der Waals surface area (Å²) < 4.78 is 4.21. The molecule has 24 heavy (non-hydrogen) atoms. The first kappa shape index (κ1) is 16.3. The monoisotopic (exact) mass is 337 g/mol. The average Bonchev–Trinajstić information content (AvgIpc) is 2.94. The molecule has 1 aromatic carbocycles. The molecule has 0 aliphatic rings. The van der Waals surface area contributed by atoms with Gasteiger partial charge in [-0.25, -0.2) is 10.1 Å². The van der Waals surface area contributed by atoms with Crippen LogP contribution in [-0.2, 0) is 0 Å². The first-order valence-electron chi connectivity index (χ1n) is 5.88. The number of anilines is 1. The number of hydrazone groups is 1. The molecule has 0 saturated carbocycles. The number of carbonyl (C=O) groups excluding carboxylic acids is 1. The first-order chi connectivity index (χ1) is 11.3. The Morgan fingerprint density at radius 3 is 2.58 bits per heavy atom. The lowest BCUT2D eigenvalue weighted by Gasteiger charge is -2.01. The third-order valence-electron chi connectivity index (χ3n) is 2.61. The van der Waals surface area contributed by atoms with Crippen LogP contribution in [-0.4, -0.2) is 37.4 Å². The van der Waals surface area contributed by atoms with Crippen LogP contribution in [0.4, 0.5) is 17.2 Å². The Bertz CT molecular complexity index is 859. The minimum absolute atomic E-state index is 0.295. The quantitative estimate of drug-likeness (QED) is 0.375. The number of nitrogens with zero attached hydrogens (tertiary/aromatic N) is 5. The van der Waals surface area contributed by atoms with Gasteiger partial charge in [0.05, 0.1) is 27.7 Å². The molecular formula is C10H7N7O7. The number of aromatic nitrogens is 2. The molecule has 2 aromatic rings. The van der Waals surface area contributed by atoms with Crippen molar-refractivity contribution in [2.75, 3.05) is 5.73 Å². The molecule has 0 spiro atoms. The van der Waals surface area contributed by atoms with E-state index in [2.05, 4.69) is 20.0 Å². The highest BCUT2D eigenvalue weighted by Crippen LogP contribution is 2.33. The number of nitrogens with two attached hydrogens (primary N) is 1. The van der Waals surface area contributed by atoms with Crippen molar-refractivity contribution >= 4 is 29.3 Å². The minimum atomic E-state index is -1.000. The van der Waals surface area contributed by atoms with E-state index in [1.165, 1.54) is 0 Å². The predicted molar refractivity (Wildman–Crippen MR) is 75.2 cm³/mol. The predicted octanol–water partition coefficient (Wildman–Crippen LogP) is -0.0623. The third-order valence-corrected chi connectivity index (χ3v) is 2.61. The maximum absolute atomic E-state index is 11.6. The molecule has 14 nitrogen and oxygen atoms in total. The second kappa shape index (κ2) is 6.34. The standard InChI is InChI=1S/C10H7N7O7/c11-9-7(14-24-15-9)10(19)13-12-3-4-1-5(16(20)21)2-6(8(4)18)17(22)23/h1-3,18H,(H2,11,15)(H,13,19)/b12-3-. The van der Waals surface area contributed by atoms with E-state index in [0.717, 1.165) is 12.3 Å².